The number of aromatic nitrogens is 2. The first-order valence-electron chi connectivity index (χ1n) is 5.42. The van der Waals surface area contributed by atoms with Crippen molar-refractivity contribution < 1.29 is 4.79 Å². The van der Waals surface area contributed by atoms with Gasteiger partial charge in [-0.05, 0) is 13.3 Å². The summed E-state index contributed by atoms with van der Waals surface area (Å²) in [5.74, 6) is 0.643. The van der Waals surface area contributed by atoms with Gasteiger partial charge >= 0.3 is 0 Å². The SMILES string of the molecule is CCNC(=O)CNc1c(N)c(CC)nn1C. The first kappa shape index (κ1) is 12.4. The van der Waals surface area contributed by atoms with Gasteiger partial charge in [-0.25, -0.2) is 0 Å². The number of rotatable bonds is 5. The van der Waals surface area contributed by atoms with Crippen molar-refractivity contribution in [1.82, 2.24) is 15.1 Å². The minimum absolute atomic E-state index is 0.0545. The van der Waals surface area contributed by atoms with E-state index in [1.807, 2.05) is 13.8 Å². The van der Waals surface area contributed by atoms with E-state index in [4.69, 9.17) is 5.73 Å². The van der Waals surface area contributed by atoms with Crippen molar-refractivity contribution in [3.05, 3.63) is 5.69 Å². The van der Waals surface area contributed by atoms with Crippen LogP contribution in [0.4, 0.5) is 11.5 Å². The molecule has 0 bridgehead atoms. The lowest BCUT2D eigenvalue weighted by molar-refractivity contribution is -0.119. The average Bonchev–Trinajstić information content (AvgIpc) is 2.52. The molecule has 16 heavy (non-hydrogen) atoms. The van der Waals surface area contributed by atoms with Crippen molar-refractivity contribution in [2.75, 3.05) is 24.1 Å². The first-order valence-corrected chi connectivity index (χ1v) is 5.42. The summed E-state index contributed by atoms with van der Waals surface area (Å²) in [5, 5.41) is 9.94. The lowest BCUT2D eigenvalue weighted by Crippen LogP contribution is -2.30. The number of anilines is 2. The van der Waals surface area contributed by atoms with Gasteiger partial charge in [0.25, 0.3) is 0 Å². The quantitative estimate of drug-likeness (QED) is 0.664. The molecular formula is C10H19N5O. The van der Waals surface area contributed by atoms with Crippen LogP contribution < -0.4 is 16.4 Å². The minimum atomic E-state index is -0.0545. The highest BCUT2D eigenvalue weighted by Crippen LogP contribution is 2.21. The molecule has 1 amide bonds. The van der Waals surface area contributed by atoms with Crippen LogP contribution in [0.5, 0.6) is 0 Å². The van der Waals surface area contributed by atoms with E-state index in [1.165, 1.54) is 0 Å². The summed E-state index contributed by atoms with van der Waals surface area (Å²) in [6.45, 7) is 4.71. The Morgan fingerprint density at radius 3 is 2.69 bits per heavy atom. The number of nitrogen functional groups attached to an aromatic ring is 1. The van der Waals surface area contributed by atoms with Crippen LogP contribution in [0.2, 0.25) is 0 Å². The number of nitrogens with two attached hydrogens (primary N) is 1. The molecule has 0 spiro atoms. The zero-order valence-electron chi connectivity index (χ0n) is 10.0. The summed E-state index contributed by atoms with van der Waals surface area (Å²) in [4.78, 5) is 11.3. The minimum Gasteiger partial charge on any atom is -0.394 e. The molecule has 90 valence electrons. The Balaban J connectivity index is 2.66. The fraction of sp³-hybridized carbons (Fsp3) is 0.600. The van der Waals surface area contributed by atoms with E-state index in [0.717, 1.165) is 12.1 Å². The zero-order chi connectivity index (χ0) is 12.1. The van der Waals surface area contributed by atoms with E-state index in [-0.39, 0.29) is 12.5 Å². The molecule has 1 aromatic heterocycles. The topological polar surface area (TPSA) is 85.0 Å². The van der Waals surface area contributed by atoms with Crippen LogP contribution in [0.3, 0.4) is 0 Å². The van der Waals surface area contributed by atoms with Crippen LogP contribution in [0.1, 0.15) is 19.5 Å². The summed E-state index contributed by atoms with van der Waals surface area (Å²) < 4.78 is 1.66. The van der Waals surface area contributed by atoms with Gasteiger partial charge in [0.1, 0.15) is 5.82 Å². The number of hydrogen-bond acceptors (Lipinski definition) is 4. The Morgan fingerprint density at radius 1 is 1.50 bits per heavy atom. The van der Waals surface area contributed by atoms with Crippen molar-refractivity contribution in [2.45, 2.75) is 20.3 Å². The van der Waals surface area contributed by atoms with Gasteiger partial charge in [0.15, 0.2) is 0 Å². The molecule has 0 aliphatic heterocycles. The molecule has 0 fully saturated rings. The van der Waals surface area contributed by atoms with E-state index < -0.39 is 0 Å². The summed E-state index contributed by atoms with van der Waals surface area (Å²) in [6, 6.07) is 0. The van der Waals surface area contributed by atoms with Crippen LogP contribution in [-0.4, -0.2) is 28.8 Å². The molecule has 0 aliphatic carbocycles. The molecule has 0 aliphatic rings. The predicted octanol–water partition coefficient (Wildman–Crippen LogP) is 0.113. The van der Waals surface area contributed by atoms with Gasteiger partial charge in [-0.3, -0.25) is 9.48 Å². The summed E-state index contributed by atoms with van der Waals surface area (Å²) in [5.41, 5.74) is 7.37. The second-order valence-corrected chi connectivity index (χ2v) is 3.49. The molecule has 6 nitrogen and oxygen atoms in total. The molecule has 0 saturated carbocycles. The highest BCUT2D eigenvalue weighted by Gasteiger charge is 2.12. The molecule has 0 unspecified atom stereocenters. The standard InChI is InChI=1S/C10H19N5O/c1-4-7-9(11)10(15(3)14-7)13-6-8(16)12-5-2/h13H,4-6,11H2,1-3H3,(H,12,16). The maximum Gasteiger partial charge on any atom is 0.239 e. The van der Waals surface area contributed by atoms with Crippen LogP contribution in [0.15, 0.2) is 0 Å². The van der Waals surface area contributed by atoms with Crippen LogP contribution in [-0.2, 0) is 18.3 Å². The Bertz CT molecular complexity index is 372. The lowest BCUT2D eigenvalue weighted by Gasteiger charge is -2.07. The molecular weight excluding hydrogens is 206 g/mol. The number of hydrogen-bond donors (Lipinski definition) is 3. The van der Waals surface area contributed by atoms with E-state index >= 15 is 0 Å². The van der Waals surface area contributed by atoms with Crippen molar-refractivity contribution in [3.8, 4) is 0 Å². The molecule has 6 heteroatoms. The lowest BCUT2D eigenvalue weighted by atomic mass is 10.3. The molecule has 4 N–H and O–H groups in total. The number of likely N-dealkylation sites (N-methyl/N-ethyl adjacent to an activating group) is 1. The van der Waals surface area contributed by atoms with E-state index in [9.17, 15) is 4.79 Å². The highest BCUT2D eigenvalue weighted by molar-refractivity contribution is 5.81. The van der Waals surface area contributed by atoms with Gasteiger partial charge in [0, 0.05) is 13.6 Å². The van der Waals surface area contributed by atoms with E-state index in [1.54, 1.807) is 11.7 Å². The van der Waals surface area contributed by atoms with Gasteiger partial charge in [-0.15, -0.1) is 0 Å². The van der Waals surface area contributed by atoms with Crippen molar-refractivity contribution in [2.24, 2.45) is 7.05 Å². The number of carbonyl (C=O) groups is 1. The number of aryl methyl sites for hydroxylation is 2. The fourth-order valence-corrected chi connectivity index (χ4v) is 1.49. The third kappa shape index (κ3) is 2.65. The Labute approximate surface area is 95.2 Å². The van der Waals surface area contributed by atoms with Gasteiger partial charge in [-0.2, -0.15) is 5.10 Å². The second kappa shape index (κ2) is 5.39. The highest BCUT2D eigenvalue weighted by atomic mass is 16.1. The Morgan fingerprint density at radius 2 is 2.19 bits per heavy atom. The monoisotopic (exact) mass is 225 g/mol. The largest absolute Gasteiger partial charge is 0.394 e. The van der Waals surface area contributed by atoms with Gasteiger partial charge in [0.2, 0.25) is 5.91 Å². The number of carbonyl (C=O) groups excluding carboxylic acids is 1. The molecule has 0 radical (unpaired) electrons. The maximum atomic E-state index is 11.3. The average molecular weight is 225 g/mol. The predicted molar refractivity (Wildman–Crippen MR) is 64.2 cm³/mol. The fourth-order valence-electron chi connectivity index (χ4n) is 1.49. The molecule has 1 heterocycles. The van der Waals surface area contributed by atoms with E-state index in [0.29, 0.717) is 18.1 Å². The summed E-state index contributed by atoms with van der Waals surface area (Å²) in [7, 11) is 1.80. The molecule has 0 aromatic carbocycles. The first-order chi connectivity index (χ1) is 7.60. The number of nitrogens with zero attached hydrogens (tertiary/aromatic N) is 2. The van der Waals surface area contributed by atoms with Gasteiger partial charge in [0.05, 0.1) is 17.9 Å². The smallest absolute Gasteiger partial charge is 0.239 e. The number of nitrogens with one attached hydrogen (secondary N) is 2. The van der Waals surface area contributed by atoms with Crippen LogP contribution >= 0.6 is 0 Å². The Kier molecular flexibility index (Phi) is 4.16. The zero-order valence-corrected chi connectivity index (χ0v) is 10.0. The third-order valence-electron chi connectivity index (χ3n) is 2.29. The van der Waals surface area contributed by atoms with Crippen LogP contribution in [0, 0.1) is 0 Å². The van der Waals surface area contributed by atoms with Crippen molar-refractivity contribution >= 4 is 17.4 Å². The Hall–Kier alpha value is -1.72. The van der Waals surface area contributed by atoms with Gasteiger partial charge in [-0.1, -0.05) is 6.92 Å². The van der Waals surface area contributed by atoms with Crippen LogP contribution in [0.25, 0.3) is 0 Å². The molecule has 1 rings (SSSR count). The summed E-state index contributed by atoms with van der Waals surface area (Å²) >= 11 is 0. The summed E-state index contributed by atoms with van der Waals surface area (Å²) in [6.07, 6.45) is 0.780. The third-order valence-corrected chi connectivity index (χ3v) is 2.29. The molecule has 0 atom stereocenters. The molecule has 0 saturated heterocycles. The van der Waals surface area contributed by atoms with Crippen molar-refractivity contribution in [3.63, 3.8) is 0 Å². The normalized spacial score (nSPS) is 10.2. The van der Waals surface area contributed by atoms with Crippen molar-refractivity contribution in [1.29, 1.82) is 0 Å². The van der Waals surface area contributed by atoms with E-state index in [2.05, 4.69) is 15.7 Å². The van der Waals surface area contributed by atoms with Gasteiger partial charge < -0.3 is 16.4 Å². The number of amides is 1. The maximum absolute atomic E-state index is 11.3. The second-order valence-electron chi connectivity index (χ2n) is 3.49. The molecule has 1 aromatic rings.